The van der Waals surface area contributed by atoms with Crippen molar-refractivity contribution in [2.24, 2.45) is 0 Å². The Morgan fingerprint density at radius 2 is 1.96 bits per heavy atom. The van der Waals surface area contributed by atoms with E-state index in [1.165, 1.54) is 0 Å². The van der Waals surface area contributed by atoms with E-state index < -0.39 is 12.1 Å². The van der Waals surface area contributed by atoms with Crippen molar-refractivity contribution in [1.82, 2.24) is 4.90 Å². The van der Waals surface area contributed by atoms with Crippen molar-refractivity contribution in [2.75, 3.05) is 25.1 Å². The highest BCUT2D eigenvalue weighted by Gasteiger charge is 2.33. The van der Waals surface area contributed by atoms with E-state index in [-0.39, 0.29) is 25.0 Å². The normalized spacial score (nSPS) is 17.7. The molecule has 0 aliphatic carbocycles. The number of nitrogens with one attached hydrogen (secondary N) is 1. The summed E-state index contributed by atoms with van der Waals surface area (Å²) >= 11 is 0. The summed E-state index contributed by atoms with van der Waals surface area (Å²) in [6, 6.07) is 14.7. The van der Waals surface area contributed by atoms with Crippen LogP contribution in [-0.2, 0) is 9.53 Å². The number of rotatable bonds is 5. The number of nitriles is 1. The SMILES string of the molecule is CCN1C(=O)COC[C@@H]1[C@H](O)c1ccc(NC(=O)c2ccc(C#N)cc2)cc1. The maximum atomic E-state index is 12.3. The molecule has 1 fully saturated rings. The number of aliphatic hydroxyl groups is 1. The Morgan fingerprint density at radius 3 is 2.57 bits per heavy atom. The molecular weight excluding hydrogens is 358 g/mol. The Kier molecular flexibility index (Phi) is 6.04. The van der Waals surface area contributed by atoms with Crippen LogP contribution in [0.3, 0.4) is 0 Å². The zero-order valence-corrected chi connectivity index (χ0v) is 15.5. The molecule has 1 heterocycles. The first-order valence-electron chi connectivity index (χ1n) is 9.00. The van der Waals surface area contributed by atoms with Gasteiger partial charge in [0.15, 0.2) is 0 Å². The standard InChI is InChI=1S/C21H21N3O4/c1-2-24-18(12-28-13-19(24)25)20(26)15-7-9-17(10-8-15)23-21(27)16-5-3-14(11-22)4-6-16/h3-10,18,20,26H,2,12-13H2,1H3,(H,23,27)/t18-,20-/m1/s1. The molecule has 7 heteroatoms. The summed E-state index contributed by atoms with van der Waals surface area (Å²) in [5.41, 5.74) is 2.15. The van der Waals surface area contributed by atoms with Gasteiger partial charge in [-0.25, -0.2) is 0 Å². The predicted molar refractivity (Wildman–Crippen MR) is 103 cm³/mol. The lowest BCUT2D eigenvalue weighted by Crippen LogP contribution is -2.51. The molecule has 0 saturated carbocycles. The van der Waals surface area contributed by atoms with E-state index in [0.29, 0.717) is 28.9 Å². The second-order valence-corrected chi connectivity index (χ2v) is 6.47. The molecule has 7 nitrogen and oxygen atoms in total. The van der Waals surface area contributed by atoms with E-state index >= 15 is 0 Å². The van der Waals surface area contributed by atoms with Crippen LogP contribution in [0.15, 0.2) is 48.5 Å². The second kappa shape index (κ2) is 8.65. The second-order valence-electron chi connectivity index (χ2n) is 6.47. The number of benzene rings is 2. The third-order valence-electron chi connectivity index (χ3n) is 4.73. The number of aliphatic hydroxyl groups excluding tert-OH is 1. The van der Waals surface area contributed by atoms with E-state index in [2.05, 4.69) is 5.32 Å². The van der Waals surface area contributed by atoms with Gasteiger partial charge in [-0.05, 0) is 48.9 Å². The number of carbonyl (C=O) groups is 2. The molecule has 1 aliphatic rings. The Morgan fingerprint density at radius 1 is 1.29 bits per heavy atom. The number of hydrogen-bond acceptors (Lipinski definition) is 5. The first kappa shape index (κ1) is 19.5. The smallest absolute Gasteiger partial charge is 0.255 e. The molecule has 0 spiro atoms. The zero-order valence-electron chi connectivity index (χ0n) is 15.5. The van der Waals surface area contributed by atoms with E-state index in [1.54, 1.807) is 53.4 Å². The minimum atomic E-state index is -0.882. The van der Waals surface area contributed by atoms with Crippen LogP contribution in [-0.4, -0.2) is 47.6 Å². The van der Waals surface area contributed by atoms with Gasteiger partial charge in [0.05, 0.1) is 24.3 Å². The number of nitrogens with zero attached hydrogens (tertiary/aromatic N) is 2. The van der Waals surface area contributed by atoms with Crippen LogP contribution in [0, 0.1) is 11.3 Å². The highest BCUT2D eigenvalue weighted by Crippen LogP contribution is 2.25. The van der Waals surface area contributed by atoms with Gasteiger partial charge in [-0.15, -0.1) is 0 Å². The van der Waals surface area contributed by atoms with Crippen LogP contribution in [0.2, 0.25) is 0 Å². The van der Waals surface area contributed by atoms with Crippen LogP contribution in [0.1, 0.15) is 34.5 Å². The van der Waals surface area contributed by atoms with Crippen molar-refractivity contribution < 1.29 is 19.4 Å². The van der Waals surface area contributed by atoms with Gasteiger partial charge < -0.3 is 20.1 Å². The molecule has 2 aromatic rings. The van der Waals surface area contributed by atoms with Crippen molar-refractivity contribution in [2.45, 2.75) is 19.1 Å². The molecule has 2 N–H and O–H groups in total. The summed E-state index contributed by atoms with van der Waals surface area (Å²) in [5, 5.41) is 22.3. The van der Waals surface area contributed by atoms with Crippen molar-refractivity contribution in [3.8, 4) is 6.07 Å². The van der Waals surface area contributed by atoms with Gasteiger partial charge >= 0.3 is 0 Å². The minimum Gasteiger partial charge on any atom is -0.386 e. The number of ether oxygens (including phenoxy) is 1. The van der Waals surface area contributed by atoms with E-state index in [0.717, 1.165) is 0 Å². The highest BCUT2D eigenvalue weighted by atomic mass is 16.5. The molecule has 0 aromatic heterocycles. The average Bonchev–Trinajstić information content (AvgIpc) is 2.73. The number of amides is 2. The third-order valence-corrected chi connectivity index (χ3v) is 4.73. The number of hydrogen-bond donors (Lipinski definition) is 2. The molecule has 2 amide bonds. The molecule has 2 atom stereocenters. The fourth-order valence-corrected chi connectivity index (χ4v) is 3.18. The lowest BCUT2D eigenvalue weighted by atomic mass is 10.00. The predicted octanol–water partition coefficient (Wildman–Crippen LogP) is 2.09. The summed E-state index contributed by atoms with van der Waals surface area (Å²) in [6.07, 6.45) is -0.882. The summed E-state index contributed by atoms with van der Waals surface area (Å²) < 4.78 is 5.28. The molecule has 144 valence electrons. The molecule has 28 heavy (non-hydrogen) atoms. The van der Waals surface area contributed by atoms with Gasteiger partial charge in [-0.1, -0.05) is 12.1 Å². The third kappa shape index (κ3) is 4.19. The van der Waals surface area contributed by atoms with Crippen LogP contribution in [0.5, 0.6) is 0 Å². The summed E-state index contributed by atoms with van der Waals surface area (Å²) in [7, 11) is 0. The minimum absolute atomic E-state index is 0.0391. The molecule has 0 unspecified atom stereocenters. The summed E-state index contributed by atoms with van der Waals surface area (Å²) in [5.74, 6) is -0.426. The maximum absolute atomic E-state index is 12.3. The molecule has 1 aliphatic heterocycles. The quantitative estimate of drug-likeness (QED) is 0.828. The van der Waals surface area contributed by atoms with Crippen LogP contribution in [0.4, 0.5) is 5.69 Å². The molecule has 1 saturated heterocycles. The van der Waals surface area contributed by atoms with Gasteiger partial charge in [0, 0.05) is 17.8 Å². The van der Waals surface area contributed by atoms with Crippen molar-refractivity contribution in [1.29, 1.82) is 5.26 Å². The monoisotopic (exact) mass is 379 g/mol. The van der Waals surface area contributed by atoms with Gasteiger partial charge in [-0.3, -0.25) is 9.59 Å². The van der Waals surface area contributed by atoms with Crippen LogP contribution in [0.25, 0.3) is 0 Å². The Balaban J connectivity index is 1.68. The summed E-state index contributed by atoms with van der Waals surface area (Å²) in [4.78, 5) is 25.9. The lowest BCUT2D eigenvalue weighted by molar-refractivity contribution is -0.153. The molecule has 3 rings (SSSR count). The van der Waals surface area contributed by atoms with E-state index in [9.17, 15) is 14.7 Å². The Labute approximate surface area is 163 Å². The molecular formula is C21H21N3O4. The Bertz CT molecular complexity index is 887. The molecule has 0 radical (unpaired) electrons. The first-order valence-corrected chi connectivity index (χ1v) is 9.00. The topological polar surface area (TPSA) is 103 Å². The molecule has 2 aromatic carbocycles. The number of likely N-dealkylation sites (N-methyl/N-ethyl adjacent to an activating group) is 1. The lowest BCUT2D eigenvalue weighted by Gasteiger charge is -2.37. The van der Waals surface area contributed by atoms with Gasteiger partial charge in [0.25, 0.3) is 5.91 Å². The largest absolute Gasteiger partial charge is 0.386 e. The average molecular weight is 379 g/mol. The molecule has 0 bridgehead atoms. The zero-order chi connectivity index (χ0) is 20.1. The fraction of sp³-hybridized carbons (Fsp3) is 0.286. The number of morpholine rings is 1. The highest BCUT2D eigenvalue weighted by molar-refractivity contribution is 6.04. The van der Waals surface area contributed by atoms with Crippen LogP contribution >= 0.6 is 0 Å². The van der Waals surface area contributed by atoms with Crippen molar-refractivity contribution >= 4 is 17.5 Å². The van der Waals surface area contributed by atoms with E-state index in [4.69, 9.17) is 10.00 Å². The number of carbonyl (C=O) groups excluding carboxylic acids is 2. The van der Waals surface area contributed by atoms with Gasteiger partial charge in [-0.2, -0.15) is 5.26 Å². The van der Waals surface area contributed by atoms with Crippen molar-refractivity contribution in [3.63, 3.8) is 0 Å². The number of anilines is 1. The van der Waals surface area contributed by atoms with E-state index in [1.807, 2.05) is 13.0 Å². The first-order chi connectivity index (χ1) is 13.5. The van der Waals surface area contributed by atoms with Gasteiger partial charge in [0.2, 0.25) is 5.91 Å². The van der Waals surface area contributed by atoms with Crippen molar-refractivity contribution in [3.05, 3.63) is 65.2 Å². The van der Waals surface area contributed by atoms with Gasteiger partial charge in [0.1, 0.15) is 12.7 Å². The summed E-state index contributed by atoms with van der Waals surface area (Å²) in [6.45, 7) is 2.68. The van der Waals surface area contributed by atoms with Crippen LogP contribution < -0.4 is 5.32 Å². The Hall–Kier alpha value is -3.21. The fourth-order valence-electron chi connectivity index (χ4n) is 3.18. The maximum Gasteiger partial charge on any atom is 0.255 e.